The Balaban J connectivity index is 1.20. The van der Waals surface area contributed by atoms with Crippen LogP contribution in [0.3, 0.4) is 0 Å². The summed E-state index contributed by atoms with van der Waals surface area (Å²) in [6.45, 7) is 9.96. The van der Waals surface area contributed by atoms with Crippen molar-refractivity contribution in [3.63, 3.8) is 0 Å². The van der Waals surface area contributed by atoms with Crippen LogP contribution in [0.4, 0.5) is 5.69 Å². The van der Waals surface area contributed by atoms with Crippen molar-refractivity contribution >= 4 is 16.5 Å². The Morgan fingerprint density at radius 1 is 0.731 bits per heavy atom. The molecule has 3 heterocycles. The van der Waals surface area contributed by atoms with Gasteiger partial charge in [0.1, 0.15) is 5.75 Å². The number of nitrogens with zero attached hydrogens (tertiary/aromatic N) is 1. The van der Waals surface area contributed by atoms with Gasteiger partial charge in [0.05, 0.1) is 13.2 Å². The van der Waals surface area contributed by atoms with E-state index in [1.807, 2.05) is 0 Å². The minimum atomic E-state index is -0.589. The molecule has 5 aromatic rings. The van der Waals surface area contributed by atoms with Gasteiger partial charge in [-0.1, -0.05) is 98.8 Å². The monoisotopic (exact) mass is 691 g/mol. The average Bonchev–Trinajstić information content (AvgIpc) is 3.31. The maximum Gasteiger partial charge on any atom is 0.159 e. The quantitative estimate of drug-likeness (QED) is 0.162. The summed E-state index contributed by atoms with van der Waals surface area (Å²) in [6, 6.07) is 36.9. The lowest BCUT2D eigenvalue weighted by molar-refractivity contribution is 0.0865. The van der Waals surface area contributed by atoms with E-state index in [-0.39, 0.29) is 5.41 Å². The van der Waals surface area contributed by atoms with Crippen LogP contribution in [0.5, 0.6) is 5.75 Å². The number of hydrogen-bond donors (Lipinski definition) is 0. The van der Waals surface area contributed by atoms with E-state index in [1.165, 1.54) is 86.7 Å². The van der Waals surface area contributed by atoms with Crippen molar-refractivity contribution in [2.45, 2.75) is 82.7 Å². The summed E-state index contributed by atoms with van der Waals surface area (Å²) >= 11 is 0. The van der Waals surface area contributed by atoms with Gasteiger partial charge in [0.2, 0.25) is 0 Å². The molecular formula is C48H53NO3. The second-order valence-electron chi connectivity index (χ2n) is 15.7. The summed E-state index contributed by atoms with van der Waals surface area (Å²) in [5.74, 6) is 1.84. The van der Waals surface area contributed by atoms with Crippen molar-refractivity contribution in [1.29, 1.82) is 0 Å². The van der Waals surface area contributed by atoms with E-state index >= 15 is 0 Å². The standard InChI is InChI=1S/C48H53NO3/c1-3-47(4-2)43-15-9-8-14-40(43)44-39-23-22-38(49-27-31-51-32-28-49)33-42(39)46-41(45(44)47)24-26-48(52-46,36-12-6-5-7-13-36)37-20-18-35(19-21-37)17-16-34-11-10-29-50-30-25-34/h5-9,12-15,18-23,33-34H,3-4,10-11,16-17,24-32H2,1-2H3. The zero-order valence-electron chi connectivity index (χ0n) is 31.1. The van der Waals surface area contributed by atoms with E-state index in [2.05, 4.69) is 116 Å². The first-order valence-electron chi connectivity index (χ1n) is 20.1. The van der Waals surface area contributed by atoms with Crippen LogP contribution in [0.15, 0.2) is 97.1 Å². The normalized spacial score (nSPS) is 22.3. The zero-order chi connectivity index (χ0) is 35.1. The fourth-order valence-electron chi connectivity index (χ4n) is 10.3. The van der Waals surface area contributed by atoms with Gasteiger partial charge >= 0.3 is 0 Å². The number of anilines is 1. The maximum atomic E-state index is 7.81. The number of ether oxygens (including phenoxy) is 3. The van der Waals surface area contributed by atoms with E-state index in [0.717, 1.165) is 83.3 Å². The first-order valence-corrected chi connectivity index (χ1v) is 20.1. The van der Waals surface area contributed by atoms with Gasteiger partial charge in [-0.3, -0.25) is 0 Å². The molecule has 0 aromatic heterocycles. The molecule has 5 aromatic carbocycles. The van der Waals surface area contributed by atoms with Gasteiger partial charge in [-0.05, 0) is 126 Å². The van der Waals surface area contributed by atoms with Crippen molar-refractivity contribution in [3.05, 3.63) is 130 Å². The Labute approximate surface area is 310 Å². The molecule has 3 aliphatic heterocycles. The van der Waals surface area contributed by atoms with Crippen molar-refractivity contribution in [2.75, 3.05) is 44.4 Å². The van der Waals surface area contributed by atoms with Gasteiger partial charge in [0.15, 0.2) is 5.60 Å². The highest BCUT2D eigenvalue weighted by Gasteiger charge is 2.48. The lowest BCUT2D eigenvalue weighted by Crippen LogP contribution is -2.39. The first-order chi connectivity index (χ1) is 25.6. The summed E-state index contributed by atoms with van der Waals surface area (Å²) in [6.07, 6.45) is 10.0. The molecule has 4 heteroatoms. The third-order valence-corrected chi connectivity index (χ3v) is 13.2. The number of rotatable bonds is 8. The van der Waals surface area contributed by atoms with E-state index in [4.69, 9.17) is 14.2 Å². The van der Waals surface area contributed by atoms with Crippen LogP contribution in [-0.4, -0.2) is 39.5 Å². The summed E-state index contributed by atoms with van der Waals surface area (Å²) < 4.78 is 19.3. The second-order valence-corrected chi connectivity index (χ2v) is 15.7. The van der Waals surface area contributed by atoms with Crippen LogP contribution < -0.4 is 9.64 Å². The molecule has 2 fully saturated rings. The Morgan fingerprint density at radius 2 is 1.48 bits per heavy atom. The third-order valence-electron chi connectivity index (χ3n) is 13.2. The van der Waals surface area contributed by atoms with Crippen molar-refractivity contribution in [3.8, 4) is 16.9 Å². The molecule has 0 amide bonds. The van der Waals surface area contributed by atoms with Crippen LogP contribution in [0.25, 0.3) is 21.9 Å². The maximum absolute atomic E-state index is 7.81. The Hall–Kier alpha value is -4.12. The highest BCUT2D eigenvalue weighted by molar-refractivity contribution is 6.07. The minimum absolute atomic E-state index is 0.0334. The molecule has 2 saturated heterocycles. The van der Waals surface area contributed by atoms with Gasteiger partial charge in [-0.25, -0.2) is 0 Å². The summed E-state index contributed by atoms with van der Waals surface area (Å²) in [4.78, 5) is 2.48. The Morgan fingerprint density at radius 3 is 2.29 bits per heavy atom. The average molecular weight is 692 g/mol. The molecule has 268 valence electrons. The van der Waals surface area contributed by atoms with Gasteiger partial charge in [-0.2, -0.15) is 0 Å². The number of hydrogen-bond acceptors (Lipinski definition) is 4. The molecular weight excluding hydrogens is 639 g/mol. The molecule has 2 atom stereocenters. The summed E-state index contributed by atoms with van der Waals surface area (Å²) in [5.41, 5.74) is 11.8. The molecule has 4 nitrogen and oxygen atoms in total. The molecule has 9 rings (SSSR count). The van der Waals surface area contributed by atoms with Gasteiger partial charge in [0.25, 0.3) is 0 Å². The van der Waals surface area contributed by atoms with Gasteiger partial charge in [0, 0.05) is 42.8 Å². The predicted octanol–water partition coefficient (Wildman–Crippen LogP) is 10.8. The van der Waals surface area contributed by atoms with Gasteiger partial charge < -0.3 is 19.1 Å². The highest BCUT2D eigenvalue weighted by atomic mass is 16.5. The zero-order valence-corrected chi connectivity index (χ0v) is 31.1. The van der Waals surface area contributed by atoms with Gasteiger partial charge in [-0.15, -0.1) is 0 Å². The number of fused-ring (bicyclic) bond motifs is 8. The Kier molecular flexibility index (Phi) is 9.09. The largest absolute Gasteiger partial charge is 0.477 e. The molecule has 0 saturated carbocycles. The topological polar surface area (TPSA) is 30.9 Å². The second kappa shape index (κ2) is 14.0. The van der Waals surface area contributed by atoms with E-state index < -0.39 is 5.60 Å². The molecule has 52 heavy (non-hydrogen) atoms. The smallest absolute Gasteiger partial charge is 0.159 e. The molecule has 2 unspecified atom stereocenters. The number of morpholine rings is 1. The minimum Gasteiger partial charge on any atom is -0.477 e. The molecule has 0 N–H and O–H groups in total. The van der Waals surface area contributed by atoms with E-state index in [1.54, 1.807) is 0 Å². The molecule has 0 bridgehead atoms. The fraction of sp³-hybridized carbons (Fsp3) is 0.417. The SMILES string of the molecule is CCC1(CC)c2ccccc2-c2c1c1c(c3cc(N4CCOCC4)ccc23)OC(c2ccccc2)(c2ccc(CCC3CCCOCC3)cc2)CC1. The molecule has 1 aliphatic carbocycles. The summed E-state index contributed by atoms with van der Waals surface area (Å²) in [7, 11) is 0. The van der Waals surface area contributed by atoms with Crippen LogP contribution in [-0.2, 0) is 33.3 Å². The molecule has 0 radical (unpaired) electrons. The van der Waals surface area contributed by atoms with Crippen LogP contribution >= 0.6 is 0 Å². The lowest BCUT2D eigenvalue weighted by Gasteiger charge is -2.43. The van der Waals surface area contributed by atoms with Crippen molar-refractivity contribution in [2.24, 2.45) is 5.92 Å². The molecule has 4 aliphatic rings. The number of benzene rings is 5. The molecule has 0 spiro atoms. The third kappa shape index (κ3) is 5.56. The summed E-state index contributed by atoms with van der Waals surface area (Å²) in [5, 5.41) is 2.55. The fourth-order valence-corrected chi connectivity index (χ4v) is 10.3. The van der Waals surface area contributed by atoms with Crippen LogP contribution in [0, 0.1) is 5.92 Å². The van der Waals surface area contributed by atoms with E-state index in [9.17, 15) is 0 Å². The van der Waals surface area contributed by atoms with E-state index in [0.29, 0.717) is 0 Å². The van der Waals surface area contributed by atoms with Crippen molar-refractivity contribution < 1.29 is 14.2 Å². The van der Waals surface area contributed by atoms with Crippen LogP contribution in [0.2, 0.25) is 0 Å². The van der Waals surface area contributed by atoms with Crippen molar-refractivity contribution in [1.82, 2.24) is 0 Å². The van der Waals surface area contributed by atoms with Crippen LogP contribution in [0.1, 0.15) is 92.2 Å². The Bertz CT molecular complexity index is 2030. The number of aryl methyl sites for hydroxylation is 1. The lowest BCUT2D eigenvalue weighted by atomic mass is 9.69. The highest BCUT2D eigenvalue weighted by Crippen LogP contribution is 2.61. The first kappa shape index (κ1) is 33.7. The predicted molar refractivity (Wildman–Crippen MR) is 213 cm³/mol.